The second kappa shape index (κ2) is 8.56. The van der Waals surface area contributed by atoms with Gasteiger partial charge in [0.25, 0.3) is 0 Å². The van der Waals surface area contributed by atoms with Gasteiger partial charge in [-0.25, -0.2) is 18.2 Å². The fourth-order valence-corrected chi connectivity index (χ4v) is 2.51. The topological polar surface area (TPSA) is 131 Å². The summed E-state index contributed by atoms with van der Waals surface area (Å²) in [5.41, 5.74) is 5.57. The molecule has 5 N–H and O–H groups in total. The summed E-state index contributed by atoms with van der Waals surface area (Å²) < 4.78 is 42.3. The number of nitrogens with zero attached hydrogens (tertiary/aromatic N) is 4. The van der Waals surface area contributed by atoms with E-state index in [0.29, 0.717) is 11.8 Å². The van der Waals surface area contributed by atoms with Crippen LogP contribution in [0.1, 0.15) is 11.6 Å². The second-order valence-corrected chi connectivity index (χ2v) is 5.99. The zero-order chi connectivity index (χ0) is 21.0. The Bertz CT molecular complexity index is 1010. The van der Waals surface area contributed by atoms with E-state index in [4.69, 9.17) is 5.73 Å². The number of hydrogen-bond donors (Lipinski definition) is 4. The number of amides is 1. The number of aliphatic hydroxyl groups excluding tert-OH is 1. The van der Waals surface area contributed by atoms with Crippen molar-refractivity contribution in [3.05, 3.63) is 59.8 Å². The van der Waals surface area contributed by atoms with Crippen LogP contribution in [0.4, 0.5) is 30.6 Å². The van der Waals surface area contributed by atoms with E-state index in [-0.39, 0.29) is 23.9 Å². The Kier molecular flexibility index (Phi) is 5.93. The quantitative estimate of drug-likeness (QED) is 0.445. The van der Waals surface area contributed by atoms with Crippen molar-refractivity contribution >= 4 is 23.4 Å². The van der Waals surface area contributed by atoms with Crippen LogP contribution < -0.4 is 16.4 Å². The summed E-state index contributed by atoms with van der Waals surface area (Å²) >= 11 is 0. The van der Waals surface area contributed by atoms with Gasteiger partial charge in [-0.15, -0.1) is 0 Å². The Morgan fingerprint density at radius 1 is 1.21 bits per heavy atom. The van der Waals surface area contributed by atoms with Crippen LogP contribution in [0.15, 0.2) is 36.8 Å². The SMILES string of the molecule is NC(=O)Cn1cc(Nc2ncc(F)c(N[C@H](CO)c3cc(F)cc(F)c3)n2)cn1. The lowest BCUT2D eigenvalue weighted by Crippen LogP contribution is -2.18. The van der Waals surface area contributed by atoms with E-state index in [1.807, 2.05) is 0 Å². The van der Waals surface area contributed by atoms with Crippen LogP contribution in [0.3, 0.4) is 0 Å². The molecule has 12 heteroatoms. The van der Waals surface area contributed by atoms with Crippen molar-refractivity contribution in [2.75, 3.05) is 17.2 Å². The van der Waals surface area contributed by atoms with Gasteiger partial charge in [0, 0.05) is 12.3 Å². The minimum atomic E-state index is -1.02. The van der Waals surface area contributed by atoms with Crippen molar-refractivity contribution in [3.63, 3.8) is 0 Å². The summed E-state index contributed by atoms with van der Waals surface area (Å²) in [6.45, 7) is -0.698. The average Bonchev–Trinajstić information content (AvgIpc) is 3.07. The molecule has 0 saturated carbocycles. The molecule has 152 valence electrons. The molecule has 0 unspecified atom stereocenters. The molecular weight excluding hydrogens is 391 g/mol. The smallest absolute Gasteiger partial charge is 0.239 e. The lowest BCUT2D eigenvalue weighted by atomic mass is 10.1. The zero-order valence-electron chi connectivity index (χ0n) is 14.8. The molecule has 0 radical (unpaired) electrons. The summed E-state index contributed by atoms with van der Waals surface area (Å²) in [7, 11) is 0. The van der Waals surface area contributed by atoms with Gasteiger partial charge in [0.2, 0.25) is 11.9 Å². The first kappa shape index (κ1) is 20.1. The van der Waals surface area contributed by atoms with Gasteiger partial charge in [-0.2, -0.15) is 10.1 Å². The average molecular weight is 407 g/mol. The highest BCUT2D eigenvalue weighted by atomic mass is 19.1. The molecule has 0 saturated heterocycles. The first-order valence-electron chi connectivity index (χ1n) is 8.27. The first-order chi connectivity index (χ1) is 13.8. The van der Waals surface area contributed by atoms with Crippen molar-refractivity contribution in [1.29, 1.82) is 0 Å². The number of aromatic nitrogens is 4. The maximum Gasteiger partial charge on any atom is 0.239 e. The van der Waals surface area contributed by atoms with Crippen molar-refractivity contribution < 1.29 is 23.1 Å². The Hall–Kier alpha value is -3.67. The van der Waals surface area contributed by atoms with E-state index in [1.54, 1.807) is 0 Å². The molecule has 0 aliphatic heterocycles. The fourth-order valence-electron chi connectivity index (χ4n) is 2.51. The molecule has 1 aromatic carbocycles. The number of halogens is 3. The lowest BCUT2D eigenvalue weighted by Gasteiger charge is -2.18. The van der Waals surface area contributed by atoms with Crippen molar-refractivity contribution in [2.24, 2.45) is 5.73 Å². The summed E-state index contributed by atoms with van der Waals surface area (Å²) in [6.07, 6.45) is 3.73. The van der Waals surface area contributed by atoms with E-state index in [9.17, 15) is 23.1 Å². The number of hydrogen-bond acceptors (Lipinski definition) is 7. The van der Waals surface area contributed by atoms with Gasteiger partial charge in [0.15, 0.2) is 11.6 Å². The van der Waals surface area contributed by atoms with Gasteiger partial charge >= 0.3 is 0 Å². The number of nitrogens with one attached hydrogen (secondary N) is 2. The monoisotopic (exact) mass is 407 g/mol. The lowest BCUT2D eigenvalue weighted by molar-refractivity contribution is -0.118. The van der Waals surface area contributed by atoms with Crippen LogP contribution in [0, 0.1) is 17.5 Å². The number of rotatable bonds is 8. The second-order valence-electron chi connectivity index (χ2n) is 5.99. The number of primary amides is 1. The van der Waals surface area contributed by atoms with Crippen molar-refractivity contribution in [1.82, 2.24) is 19.7 Å². The molecule has 0 aliphatic rings. The third-order valence-corrected chi connectivity index (χ3v) is 3.73. The highest BCUT2D eigenvalue weighted by molar-refractivity contribution is 5.73. The molecule has 2 aromatic heterocycles. The Morgan fingerprint density at radius 2 is 1.93 bits per heavy atom. The van der Waals surface area contributed by atoms with E-state index >= 15 is 0 Å². The third kappa shape index (κ3) is 5.19. The van der Waals surface area contributed by atoms with Crippen LogP contribution in [0.25, 0.3) is 0 Å². The Morgan fingerprint density at radius 3 is 2.59 bits per heavy atom. The van der Waals surface area contributed by atoms with Gasteiger partial charge in [-0.05, 0) is 17.7 Å². The number of carbonyl (C=O) groups is 1. The summed E-state index contributed by atoms with van der Waals surface area (Å²) in [5, 5.41) is 18.8. The number of aliphatic hydroxyl groups is 1. The molecule has 0 fully saturated rings. The molecule has 0 spiro atoms. The molecular formula is C17H16F3N7O2. The number of benzene rings is 1. The fraction of sp³-hybridized carbons (Fsp3) is 0.176. The maximum atomic E-state index is 14.1. The standard InChI is InChI=1S/C17H16F3N7O2/c18-10-1-9(2-11(19)3-10)14(8-28)25-16-13(20)5-22-17(26-16)24-12-4-23-27(6-12)7-15(21)29/h1-6,14,28H,7-8H2,(H2,21,29)(H2,22,24,25,26)/t14-/m1/s1. The molecule has 0 aliphatic carbocycles. The highest BCUT2D eigenvalue weighted by Gasteiger charge is 2.17. The van der Waals surface area contributed by atoms with E-state index in [2.05, 4.69) is 25.7 Å². The van der Waals surface area contributed by atoms with Crippen LogP contribution in [-0.4, -0.2) is 37.4 Å². The Labute approximate surface area is 162 Å². The number of carbonyl (C=O) groups excluding carboxylic acids is 1. The number of nitrogens with two attached hydrogens (primary N) is 1. The van der Waals surface area contributed by atoms with Gasteiger partial charge in [0.05, 0.1) is 30.7 Å². The van der Waals surface area contributed by atoms with Crippen molar-refractivity contribution in [3.8, 4) is 0 Å². The molecule has 0 bridgehead atoms. The first-order valence-corrected chi connectivity index (χ1v) is 8.27. The van der Waals surface area contributed by atoms with E-state index in [1.165, 1.54) is 17.1 Å². The summed E-state index contributed by atoms with van der Waals surface area (Å²) in [4.78, 5) is 18.7. The predicted octanol–water partition coefficient (Wildman–Crippen LogP) is 1.46. The summed E-state index contributed by atoms with van der Waals surface area (Å²) in [6, 6.07) is 1.70. The van der Waals surface area contributed by atoms with Crippen LogP contribution in [0.5, 0.6) is 0 Å². The molecule has 2 heterocycles. The maximum absolute atomic E-state index is 14.1. The summed E-state index contributed by atoms with van der Waals surface area (Å²) in [5.74, 6) is -3.40. The van der Waals surface area contributed by atoms with Crippen LogP contribution >= 0.6 is 0 Å². The third-order valence-electron chi connectivity index (χ3n) is 3.73. The molecule has 9 nitrogen and oxygen atoms in total. The normalized spacial score (nSPS) is 11.9. The molecule has 1 atom stereocenters. The van der Waals surface area contributed by atoms with Gasteiger partial charge in [-0.1, -0.05) is 0 Å². The molecule has 3 rings (SSSR count). The minimum absolute atomic E-state index is 0.0189. The largest absolute Gasteiger partial charge is 0.394 e. The van der Waals surface area contributed by atoms with Crippen LogP contribution in [0.2, 0.25) is 0 Å². The Balaban J connectivity index is 1.79. The van der Waals surface area contributed by atoms with E-state index in [0.717, 1.165) is 18.3 Å². The van der Waals surface area contributed by atoms with E-state index < -0.39 is 36.0 Å². The van der Waals surface area contributed by atoms with Crippen LogP contribution in [-0.2, 0) is 11.3 Å². The minimum Gasteiger partial charge on any atom is -0.394 e. The predicted molar refractivity (Wildman–Crippen MR) is 96.5 cm³/mol. The molecule has 29 heavy (non-hydrogen) atoms. The van der Waals surface area contributed by atoms with Gasteiger partial charge in [0.1, 0.15) is 18.2 Å². The number of anilines is 3. The zero-order valence-corrected chi connectivity index (χ0v) is 14.8. The van der Waals surface area contributed by atoms with Crippen molar-refractivity contribution in [2.45, 2.75) is 12.6 Å². The highest BCUT2D eigenvalue weighted by Crippen LogP contribution is 2.23. The van der Waals surface area contributed by atoms with Gasteiger partial charge in [-0.3, -0.25) is 9.48 Å². The molecule has 3 aromatic rings. The van der Waals surface area contributed by atoms with Gasteiger partial charge < -0.3 is 21.5 Å². The molecule has 1 amide bonds.